The molecule has 0 aliphatic carbocycles. The van der Waals surface area contributed by atoms with E-state index in [1.807, 2.05) is 18.2 Å². The molecular formula is C12H15BrO4. The molecule has 0 aliphatic heterocycles. The van der Waals surface area contributed by atoms with Crippen molar-refractivity contribution in [3.8, 4) is 0 Å². The van der Waals surface area contributed by atoms with Crippen molar-refractivity contribution in [2.75, 3.05) is 19.8 Å². The normalized spacial score (nSPS) is 12.4. The largest absolute Gasteiger partial charge is 0.481 e. The molecule has 4 nitrogen and oxygen atoms in total. The molecule has 1 aromatic rings. The summed E-state index contributed by atoms with van der Waals surface area (Å²) >= 11 is 3.34. The number of ether oxygens (including phenoxy) is 1. The third kappa shape index (κ3) is 4.46. The maximum atomic E-state index is 11.2. The molecule has 0 saturated heterocycles. The summed E-state index contributed by atoms with van der Waals surface area (Å²) < 4.78 is 5.88. The Labute approximate surface area is 108 Å². The van der Waals surface area contributed by atoms with Gasteiger partial charge in [0.25, 0.3) is 0 Å². The quantitative estimate of drug-likeness (QED) is 0.756. The first kappa shape index (κ1) is 14.2. The average molecular weight is 303 g/mol. The molecule has 1 aromatic carbocycles. The van der Waals surface area contributed by atoms with Gasteiger partial charge in [-0.15, -0.1) is 0 Å². The molecule has 94 valence electrons. The average Bonchev–Trinajstić information content (AvgIpc) is 2.30. The van der Waals surface area contributed by atoms with Crippen LogP contribution in [0, 0.1) is 0 Å². The highest BCUT2D eigenvalue weighted by Gasteiger charge is 2.21. The summed E-state index contributed by atoms with van der Waals surface area (Å²) in [5.41, 5.74) is 0.743. The molecule has 0 radical (unpaired) electrons. The molecule has 0 spiro atoms. The molecule has 0 aliphatic rings. The van der Waals surface area contributed by atoms with E-state index in [9.17, 15) is 9.90 Å². The first-order valence-electron chi connectivity index (χ1n) is 5.32. The van der Waals surface area contributed by atoms with Crippen LogP contribution in [-0.2, 0) is 9.53 Å². The second kappa shape index (κ2) is 7.42. The van der Waals surface area contributed by atoms with Gasteiger partial charge < -0.3 is 14.9 Å². The van der Waals surface area contributed by atoms with Crippen molar-refractivity contribution in [1.82, 2.24) is 0 Å². The number of halogens is 1. The lowest BCUT2D eigenvalue weighted by Crippen LogP contribution is -2.15. The van der Waals surface area contributed by atoms with Crippen LogP contribution in [0.25, 0.3) is 0 Å². The topological polar surface area (TPSA) is 66.8 Å². The fraction of sp³-hybridized carbons (Fsp3) is 0.417. The fourth-order valence-electron chi connectivity index (χ4n) is 1.54. The Kier molecular flexibility index (Phi) is 6.18. The van der Waals surface area contributed by atoms with Gasteiger partial charge in [0.05, 0.1) is 19.1 Å². The summed E-state index contributed by atoms with van der Waals surface area (Å²) in [5.74, 6) is -1.46. The van der Waals surface area contributed by atoms with Gasteiger partial charge in [-0.05, 0) is 18.1 Å². The van der Waals surface area contributed by atoms with Gasteiger partial charge in [-0.25, -0.2) is 0 Å². The minimum absolute atomic E-state index is 0.0488. The predicted octanol–water partition coefficient (Wildman–Crippen LogP) is 2.02. The minimum Gasteiger partial charge on any atom is -0.481 e. The van der Waals surface area contributed by atoms with Crippen molar-refractivity contribution in [2.45, 2.75) is 12.3 Å². The lowest BCUT2D eigenvalue weighted by molar-refractivity contribution is -0.139. The number of benzene rings is 1. The SMILES string of the molecule is O=C(O)C(CCOCCO)c1ccccc1Br. The van der Waals surface area contributed by atoms with Gasteiger partial charge in [0.2, 0.25) is 0 Å². The van der Waals surface area contributed by atoms with Gasteiger partial charge in [-0.1, -0.05) is 34.1 Å². The molecule has 0 fully saturated rings. The van der Waals surface area contributed by atoms with Crippen molar-refractivity contribution in [3.05, 3.63) is 34.3 Å². The molecule has 0 amide bonds. The van der Waals surface area contributed by atoms with Crippen LogP contribution in [0.4, 0.5) is 0 Å². The highest BCUT2D eigenvalue weighted by molar-refractivity contribution is 9.10. The Morgan fingerprint density at radius 3 is 2.65 bits per heavy atom. The summed E-state index contributed by atoms with van der Waals surface area (Å²) in [6.07, 6.45) is 0.387. The molecule has 1 unspecified atom stereocenters. The number of carboxylic acids is 1. The van der Waals surface area contributed by atoms with E-state index in [0.717, 1.165) is 10.0 Å². The van der Waals surface area contributed by atoms with E-state index >= 15 is 0 Å². The highest BCUT2D eigenvalue weighted by atomic mass is 79.9. The van der Waals surface area contributed by atoms with E-state index in [-0.39, 0.29) is 13.2 Å². The number of aliphatic hydroxyl groups is 1. The summed E-state index contributed by atoms with van der Waals surface area (Å²) in [4.78, 5) is 11.2. The molecule has 1 atom stereocenters. The number of aliphatic hydroxyl groups excluding tert-OH is 1. The van der Waals surface area contributed by atoms with Crippen molar-refractivity contribution in [2.24, 2.45) is 0 Å². The van der Waals surface area contributed by atoms with Crippen LogP contribution in [0.15, 0.2) is 28.7 Å². The molecule has 17 heavy (non-hydrogen) atoms. The number of aliphatic carboxylic acids is 1. The molecule has 0 bridgehead atoms. The lowest BCUT2D eigenvalue weighted by atomic mass is 9.96. The second-order valence-electron chi connectivity index (χ2n) is 3.54. The van der Waals surface area contributed by atoms with E-state index in [4.69, 9.17) is 9.84 Å². The van der Waals surface area contributed by atoms with E-state index in [0.29, 0.717) is 13.0 Å². The van der Waals surface area contributed by atoms with Gasteiger partial charge in [0.15, 0.2) is 0 Å². The van der Waals surface area contributed by atoms with Crippen LogP contribution in [0.3, 0.4) is 0 Å². The standard InChI is InChI=1S/C12H15BrO4/c13-11-4-2-1-3-9(11)10(12(15)16)5-7-17-8-6-14/h1-4,10,14H,5-8H2,(H,15,16). The number of hydrogen-bond donors (Lipinski definition) is 2. The smallest absolute Gasteiger partial charge is 0.311 e. The summed E-state index contributed by atoms with van der Waals surface area (Å²) in [6.45, 7) is 0.508. The summed E-state index contributed by atoms with van der Waals surface area (Å²) in [6, 6.07) is 7.26. The van der Waals surface area contributed by atoms with Crippen molar-refractivity contribution in [3.63, 3.8) is 0 Å². The van der Waals surface area contributed by atoms with Gasteiger partial charge in [-0.2, -0.15) is 0 Å². The second-order valence-corrected chi connectivity index (χ2v) is 4.39. The first-order chi connectivity index (χ1) is 8.16. The molecule has 2 N–H and O–H groups in total. The summed E-state index contributed by atoms with van der Waals surface area (Å²) in [7, 11) is 0. The number of carboxylic acid groups (broad SMARTS) is 1. The van der Waals surface area contributed by atoms with Gasteiger partial charge in [-0.3, -0.25) is 4.79 Å². The zero-order valence-electron chi connectivity index (χ0n) is 9.30. The van der Waals surface area contributed by atoms with Crippen LogP contribution in [-0.4, -0.2) is 36.0 Å². The van der Waals surface area contributed by atoms with Crippen LogP contribution in [0.1, 0.15) is 17.9 Å². The van der Waals surface area contributed by atoms with Crippen LogP contribution >= 0.6 is 15.9 Å². The van der Waals surface area contributed by atoms with Crippen molar-refractivity contribution >= 4 is 21.9 Å². The van der Waals surface area contributed by atoms with Crippen LogP contribution < -0.4 is 0 Å². The van der Waals surface area contributed by atoms with Crippen molar-refractivity contribution in [1.29, 1.82) is 0 Å². The van der Waals surface area contributed by atoms with Gasteiger partial charge in [0, 0.05) is 11.1 Å². The maximum Gasteiger partial charge on any atom is 0.311 e. The Morgan fingerprint density at radius 2 is 2.06 bits per heavy atom. The van der Waals surface area contributed by atoms with Gasteiger partial charge in [0.1, 0.15) is 0 Å². The first-order valence-corrected chi connectivity index (χ1v) is 6.12. The highest BCUT2D eigenvalue weighted by Crippen LogP contribution is 2.27. The zero-order chi connectivity index (χ0) is 12.7. The number of rotatable bonds is 7. The molecule has 0 heterocycles. The van der Waals surface area contributed by atoms with E-state index in [2.05, 4.69) is 15.9 Å². The predicted molar refractivity (Wildman–Crippen MR) is 67.0 cm³/mol. The minimum atomic E-state index is -0.871. The van der Waals surface area contributed by atoms with E-state index < -0.39 is 11.9 Å². The zero-order valence-corrected chi connectivity index (χ0v) is 10.9. The molecule has 0 saturated carbocycles. The Bertz CT molecular complexity index is 367. The van der Waals surface area contributed by atoms with E-state index in [1.165, 1.54) is 0 Å². The molecule has 5 heteroatoms. The van der Waals surface area contributed by atoms with Gasteiger partial charge >= 0.3 is 5.97 Å². The Hall–Kier alpha value is -0.910. The van der Waals surface area contributed by atoms with Crippen molar-refractivity contribution < 1.29 is 19.7 Å². The number of hydrogen-bond acceptors (Lipinski definition) is 3. The Balaban J connectivity index is 2.66. The molecular weight excluding hydrogens is 288 g/mol. The fourth-order valence-corrected chi connectivity index (χ4v) is 2.10. The molecule has 1 rings (SSSR count). The maximum absolute atomic E-state index is 11.2. The number of carbonyl (C=O) groups is 1. The van der Waals surface area contributed by atoms with Crippen LogP contribution in [0.2, 0.25) is 0 Å². The summed E-state index contributed by atoms with van der Waals surface area (Å²) in [5, 5.41) is 17.7. The Morgan fingerprint density at radius 1 is 1.35 bits per heavy atom. The lowest BCUT2D eigenvalue weighted by Gasteiger charge is -2.14. The van der Waals surface area contributed by atoms with E-state index in [1.54, 1.807) is 6.07 Å². The monoisotopic (exact) mass is 302 g/mol. The molecule has 0 aromatic heterocycles. The third-order valence-corrected chi connectivity index (χ3v) is 3.09. The van der Waals surface area contributed by atoms with Crippen LogP contribution in [0.5, 0.6) is 0 Å². The third-order valence-electron chi connectivity index (χ3n) is 2.37.